The van der Waals surface area contributed by atoms with Crippen LogP contribution < -0.4 is 32.3 Å². The number of hydrogen-bond acceptors (Lipinski definition) is 8. The summed E-state index contributed by atoms with van der Waals surface area (Å²) < 4.78 is 10.9. The van der Waals surface area contributed by atoms with Gasteiger partial charge in [0.1, 0.15) is 18.2 Å². The van der Waals surface area contributed by atoms with Crippen molar-refractivity contribution in [2.45, 2.75) is 90.0 Å². The molecule has 1 unspecified atom stereocenters. The van der Waals surface area contributed by atoms with E-state index in [1.165, 1.54) is 0 Å². The molecule has 1 aromatic rings. The quantitative estimate of drug-likeness (QED) is 0.0926. The largest absolute Gasteiger partial charge is 0.446 e. The van der Waals surface area contributed by atoms with E-state index >= 15 is 0 Å². The number of rotatable bonds is 18. The molecule has 1 aliphatic carbocycles. The van der Waals surface area contributed by atoms with E-state index in [1.54, 1.807) is 38.1 Å². The van der Waals surface area contributed by atoms with E-state index in [2.05, 4.69) is 32.7 Å². The number of nitrogens with one attached hydrogen (secondary N) is 5. The number of hydrogen-bond donors (Lipinski definition) is 7. The van der Waals surface area contributed by atoms with Crippen molar-refractivity contribution >= 4 is 35.5 Å². The zero-order chi connectivity index (χ0) is 33.7. The molecule has 0 radical (unpaired) electrons. The van der Waals surface area contributed by atoms with Crippen molar-refractivity contribution in [1.82, 2.24) is 21.3 Å². The lowest BCUT2D eigenvalue weighted by molar-refractivity contribution is -0.132. The van der Waals surface area contributed by atoms with Crippen LogP contribution >= 0.6 is 0 Å². The number of ether oxygens (including phenoxy) is 2. The van der Waals surface area contributed by atoms with E-state index in [9.17, 15) is 29.1 Å². The molecule has 0 aromatic heterocycles. The molecule has 1 aromatic carbocycles. The normalized spacial score (nSPS) is 16.6. The van der Waals surface area contributed by atoms with Crippen LogP contribution in [0.5, 0.6) is 0 Å². The molecule has 256 valence electrons. The van der Waals surface area contributed by atoms with Gasteiger partial charge in [-0.25, -0.2) is 9.59 Å². The number of nitrogens with two attached hydrogens (primary N) is 1. The molecule has 46 heavy (non-hydrogen) atoms. The van der Waals surface area contributed by atoms with Crippen LogP contribution in [0.2, 0.25) is 0 Å². The molecule has 8 N–H and O–H groups in total. The predicted octanol–water partition coefficient (Wildman–Crippen LogP) is 2.21. The molecule has 14 heteroatoms. The molecule has 3 atom stereocenters. The first-order valence-corrected chi connectivity index (χ1v) is 15.9. The second-order valence-electron chi connectivity index (χ2n) is 11.4. The van der Waals surface area contributed by atoms with Crippen LogP contribution in [0.15, 0.2) is 36.4 Å². The molecular formula is C32H50N6O8. The summed E-state index contributed by atoms with van der Waals surface area (Å²) >= 11 is 0. The summed E-state index contributed by atoms with van der Waals surface area (Å²) in [4.78, 5) is 62.1. The maximum absolute atomic E-state index is 13.3. The van der Waals surface area contributed by atoms with Gasteiger partial charge in [0, 0.05) is 31.6 Å². The molecule has 14 nitrogen and oxygen atoms in total. The molecule has 0 bridgehead atoms. The smallest absolute Gasteiger partial charge is 0.407 e. The van der Waals surface area contributed by atoms with Crippen LogP contribution in [0.4, 0.5) is 15.3 Å². The first kappa shape index (κ1) is 38.0. The maximum atomic E-state index is 13.3. The van der Waals surface area contributed by atoms with Crippen molar-refractivity contribution in [3.63, 3.8) is 0 Å². The van der Waals surface area contributed by atoms with E-state index in [1.807, 2.05) is 6.08 Å². The zero-order valence-electron chi connectivity index (χ0n) is 26.8. The Morgan fingerprint density at radius 3 is 2.41 bits per heavy atom. The average Bonchev–Trinajstić information content (AvgIpc) is 3.00. The van der Waals surface area contributed by atoms with Gasteiger partial charge in [0.25, 0.3) is 0 Å². The van der Waals surface area contributed by atoms with E-state index in [0.29, 0.717) is 24.1 Å². The minimum atomic E-state index is -0.969. The summed E-state index contributed by atoms with van der Waals surface area (Å²) in [5, 5.41) is 22.5. The first-order chi connectivity index (χ1) is 22.1. The number of urea groups is 1. The van der Waals surface area contributed by atoms with Gasteiger partial charge in [0.05, 0.1) is 19.8 Å². The third kappa shape index (κ3) is 15.7. The van der Waals surface area contributed by atoms with Crippen molar-refractivity contribution in [2.75, 3.05) is 31.6 Å². The summed E-state index contributed by atoms with van der Waals surface area (Å²) in [5.74, 6) is -1.72. The first-order valence-electron chi connectivity index (χ1n) is 15.9. The van der Waals surface area contributed by atoms with Crippen LogP contribution in [0.1, 0.15) is 70.8 Å². The Bertz CT molecular complexity index is 1140. The Hall–Kier alpha value is -4.17. The fourth-order valence-electron chi connectivity index (χ4n) is 4.66. The van der Waals surface area contributed by atoms with E-state index < -0.39 is 41.9 Å². The highest BCUT2D eigenvalue weighted by Crippen LogP contribution is 2.15. The minimum absolute atomic E-state index is 0.0120. The molecule has 6 amide bonds. The maximum Gasteiger partial charge on any atom is 0.407 e. The number of anilines is 1. The highest BCUT2D eigenvalue weighted by Gasteiger charge is 2.29. The van der Waals surface area contributed by atoms with Gasteiger partial charge in [-0.05, 0) is 62.1 Å². The summed E-state index contributed by atoms with van der Waals surface area (Å²) in [7, 11) is 0. The third-order valence-corrected chi connectivity index (χ3v) is 7.25. The number of amides is 6. The van der Waals surface area contributed by atoms with Crippen LogP contribution in [-0.2, 0) is 30.5 Å². The van der Waals surface area contributed by atoms with E-state index in [4.69, 9.17) is 15.2 Å². The Kier molecular flexibility index (Phi) is 17.8. The number of primary amides is 1. The number of aliphatic hydroxyl groups excluding tert-OH is 1. The van der Waals surface area contributed by atoms with Crippen molar-refractivity contribution in [3.05, 3.63) is 42.0 Å². The summed E-state index contributed by atoms with van der Waals surface area (Å²) in [6.45, 7) is 4.10. The standard InChI is InChI=1S/C32H50N6O8/c1-22(2)28(38-27(40)16-19-45-20-18-35-32(44)46-25-9-6-4-3-5-7-10-25)30(42)37-26(11-8-17-34-31(33)43)29(41)36-24-14-12-23(21-39)13-15-24/h4,6,12-15,22,25-26,28,39H,3,5,7-11,16-21H2,1-2H3,(H,35,44)(H,36,41)(H,37,42)(H,38,40)(H3,33,34,43)/b6-4+/t25?,26-,28+/m0/s1. The van der Waals surface area contributed by atoms with Gasteiger partial charge in [-0.3, -0.25) is 14.4 Å². The molecule has 1 aliphatic rings. The fourth-order valence-corrected chi connectivity index (χ4v) is 4.66. The van der Waals surface area contributed by atoms with Crippen LogP contribution in [0.3, 0.4) is 0 Å². The lowest BCUT2D eigenvalue weighted by atomic mass is 10.0. The van der Waals surface area contributed by atoms with Crippen molar-refractivity contribution in [2.24, 2.45) is 11.7 Å². The zero-order valence-corrected chi connectivity index (χ0v) is 26.8. The van der Waals surface area contributed by atoms with Crippen LogP contribution in [0, 0.1) is 5.92 Å². The molecule has 0 aliphatic heterocycles. The van der Waals surface area contributed by atoms with Crippen molar-refractivity contribution in [1.29, 1.82) is 0 Å². The summed E-state index contributed by atoms with van der Waals surface area (Å²) in [6.07, 6.45) is 8.75. The van der Waals surface area contributed by atoms with Gasteiger partial charge in [0.15, 0.2) is 0 Å². The number of allylic oxidation sites excluding steroid dienone is 1. The summed E-state index contributed by atoms with van der Waals surface area (Å²) in [5.41, 5.74) is 6.27. The number of carbonyl (C=O) groups excluding carboxylic acids is 5. The highest BCUT2D eigenvalue weighted by molar-refractivity contribution is 5.98. The lowest BCUT2D eigenvalue weighted by Gasteiger charge is -2.25. The van der Waals surface area contributed by atoms with Crippen molar-refractivity contribution in [3.8, 4) is 0 Å². The van der Waals surface area contributed by atoms with Gasteiger partial charge in [-0.1, -0.05) is 38.1 Å². The van der Waals surface area contributed by atoms with Crippen molar-refractivity contribution < 1.29 is 38.6 Å². The third-order valence-electron chi connectivity index (χ3n) is 7.25. The monoisotopic (exact) mass is 646 g/mol. The topological polar surface area (TPSA) is 210 Å². The minimum Gasteiger partial charge on any atom is -0.446 e. The highest BCUT2D eigenvalue weighted by atomic mass is 16.6. The van der Waals surface area contributed by atoms with Gasteiger partial charge in [-0.15, -0.1) is 0 Å². The fraction of sp³-hybridized carbons (Fsp3) is 0.594. The van der Waals surface area contributed by atoms with Crippen LogP contribution in [-0.4, -0.2) is 79.4 Å². The van der Waals surface area contributed by atoms with E-state index in [-0.39, 0.29) is 57.8 Å². The Morgan fingerprint density at radius 1 is 0.957 bits per heavy atom. The molecule has 0 spiro atoms. The molecule has 0 heterocycles. The Balaban J connectivity index is 1.81. The Labute approximate surface area is 270 Å². The molecule has 0 saturated heterocycles. The molecule has 0 saturated carbocycles. The second kappa shape index (κ2) is 21.5. The number of benzene rings is 1. The van der Waals surface area contributed by atoms with Gasteiger partial charge >= 0.3 is 12.1 Å². The van der Waals surface area contributed by atoms with Crippen LogP contribution in [0.25, 0.3) is 0 Å². The molecule has 0 fully saturated rings. The molecule has 2 rings (SSSR count). The Morgan fingerprint density at radius 2 is 1.72 bits per heavy atom. The number of aliphatic hydroxyl groups is 1. The average molecular weight is 647 g/mol. The van der Waals surface area contributed by atoms with Gasteiger partial charge in [0.2, 0.25) is 17.7 Å². The SMILES string of the molecule is CC(C)[C@@H](NC(=O)CCOCCNC(=O)OC1C/C=C/CCCC1)C(=O)N[C@@H](CCCNC(N)=O)C(=O)Nc1ccc(CO)cc1. The molecular weight excluding hydrogens is 596 g/mol. The van der Waals surface area contributed by atoms with Gasteiger partial charge in [-0.2, -0.15) is 0 Å². The predicted molar refractivity (Wildman–Crippen MR) is 172 cm³/mol. The summed E-state index contributed by atoms with van der Waals surface area (Å²) in [6, 6.07) is 4.01. The number of alkyl carbamates (subject to hydrolysis) is 1. The second-order valence-corrected chi connectivity index (χ2v) is 11.4. The number of carbonyl (C=O) groups is 5. The van der Waals surface area contributed by atoms with Gasteiger partial charge < -0.3 is 46.9 Å². The lowest BCUT2D eigenvalue weighted by Crippen LogP contribution is -2.54. The van der Waals surface area contributed by atoms with E-state index in [0.717, 1.165) is 25.7 Å².